The fourth-order valence-corrected chi connectivity index (χ4v) is 2.51. The molecule has 7 nitrogen and oxygen atoms in total. The molecule has 0 atom stereocenters. The van der Waals surface area contributed by atoms with E-state index < -0.39 is 18.8 Å². The van der Waals surface area contributed by atoms with Crippen LogP contribution in [0.1, 0.15) is 11.3 Å². The quantitative estimate of drug-likeness (QED) is 0.256. The number of nitrogens with one attached hydrogen (secondary N) is 1. The maximum absolute atomic E-state index is 13.3. The summed E-state index contributed by atoms with van der Waals surface area (Å²) in [6.07, 6.45) is -3.36. The van der Waals surface area contributed by atoms with Crippen LogP contribution >= 0.6 is 0 Å². The van der Waals surface area contributed by atoms with Crippen molar-refractivity contribution in [1.82, 2.24) is 9.97 Å². The first-order valence-electron chi connectivity index (χ1n) is 9.35. The molecule has 2 aromatic carbocycles. The molecular formula is C21H19F6N5O2. The minimum Gasteiger partial charge on any atom is -0.497 e. The van der Waals surface area contributed by atoms with Gasteiger partial charge in [-0.25, -0.2) is 19.2 Å². The van der Waals surface area contributed by atoms with E-state index in [0.29, 0.717) is 17.0 Å². The number of halogens is 6. The van der Waals surface area contributed by atoms with Gasteiger partial charge in [-0.2, -0.15) is 23.3 Å². The van der Waals surface area contributed by atoms with E-state index >= 15 is 0 Å². The number of rotatable bonds is 7. The first kappa shape index (κ1) is 26.2. The van der Waals surface area contributed by atoms with Crippen LogP contribution in [0.25, 0.3) is 0 Å². The summed E-state index contributed by atoms with van der Waals surface area (Å²) < 4.78 is 76.4. The summed E-state index contributed by atoms with van der Waals surface area (Å²) in [5, 5.41) is 3.85. The van der Waals surface area contributed by atoms with E-state index in [1.807, 2.05) is 0 Å². The zero-order chi connectivity index (χ0) is 25.1. The van der Waals surface area contributed by atoms with Crippen molar-refractivity contribution in [2.75, 3.05) is 31.4 Å². The third-order valence-corrected chi connectivity index (χ3v) is 4.15. The largest absolute Gasteiger partial charge is 0.497 e. The summed E-state index contributed by atoms with van der Waals surface area (Å²) in [4.78, 5) is 12.7. The molecule has 0 bridgehead atoms. The third kappa shape index (κ3) is 7.53. The molecule has 0 saturated heterocycles. The molecule has 0 aliphatic rings. The fraction of sp³-hybridized carbons (Fsp3) is 0.190. The minimum atomic E-state index is -4.68. The lowest BCUT2D eigenvalue weighted by atomic mass is 10.2. The molecule has 3 rings (SSSR count). The van der Waals surface area contributed by atoms with Crippen molar-refractivity contribution < 1.29 is 36.2 Å². The van der Waals surface area contributed by atoms with Gasteiger partial charge in [0.1, 0.15) is 11.6 Å². The summed E-state index contributed by atoms with van der Waals surface area (Å²) in [6, 6.07) is 13.3. The molecule has 1 aromatic heterocycles. The Morgan fingerprint density at radius 3 is 2.12 bits per heavy atom. The summed E-state index contributed by atoms with van der Waals surface area (Å²) in [5.74, 6) is 0.288. The highest BCUT2D eigenvalue weighted by atomic mass is 19.4. The van der Waals surface area contributed by atoms with Gasteiger partial charge in [-0.1, -0.05) is 0 Å². The number of ether oxygens (including phenoxy) is 1. The number of methoxy groups -OCH3 is 1. The molecule has 182 valence electrons. The molecule has 0 amide bonds. The van der Waals surface area contributed by atoms with Crippen molar-refractivity contribution in [2.45, 2.75) is 6.18 Å². The standard InChI is InChI=1S/C20H17F4N5O2.CH2F2/c1-29(14-5-9-15(30-2)10-6-14)18-11-17(20(21,22)23)26-19(27-18)28-25-12-13-3-7-16(31-24)8-4-13;2-1-3/h3-12H,1-2H3,(H,26,27,28);1H2/b25-12+;. The summed E-state index contributed by atoms with van der Waals surface area (Å²) >= 11 is 0. The average molecular weight is 487 g/mol. The van der Waals surface area contributed by atoms with E-state index in [1.165, 1.54) is 42.5 Å². The molecule has 0 spiro atoms. The lowest BCUT2D eigenvalue weighted by molar-refractivity contribution is -0.141. The summed E-state index contributed by atoms with van der Waals surface area (Å²) in [5.41, 5.74) is 2.42. The molecule has 0 unspecified atom stereocenters. The second-order valence-electron chi connectivity index (χ2n) is 6.31. The number of benzene rings is 2. The molecule has 0 fully saturated rings. The van der Waals surface area contributed by atoms with Crippen LogP contribution in [0.2, 0.25) is 0 Å². The third-order valence-electron chi connectivity index (χ3n) is 4.15. The summed E-state index contributed by atoms with van der Waals surface area (Å²) in [7, 11) is 3.09. The van der Waals surface area contributed by atoms with Gasteiger partial charge in [-0.05, 0) is 54.1 Å². The second-order valence-corrected chi connectivity index (χ2v) is 6.31. The molecule has 1 N–H and O–H groups in total. The first-order chi connectivity index (χ1) is 16.2. The number of anilines is 3. The minimum absolute atomic E-state index is 0.00893. The van der Waals surface area contributed by atoms with Gasteiger partial charge in [0.05, 0.1) is 13.3 Å². The Kier molecular flexibility index (Phi) is 9.47. The van der Waals surface area contributed by atoms with Crippen LogP contribution < -0.4 is 20.0 Å². The average Bonchev–Trinajstić information content (AvgIpc) is 2.84. The lowest BCUT2D eigenvalue weighted by Gasteiger charge is -2.20. The Morgan fingerprint density at radius 2 is 1.59 bits per heavy atom. The van der Waals surface area contributed by atoms with Crippen molar-refractivity contribution in [3.63, 3.8) is 0 Å². The van der Waals surface area contributed by atoms with Crippen molar-refractivity contribution >= 4 is 23.7 Å². The highest BCUT2D eigenvalue weighted by molar-refractivity contribution is 5.80. The van der Waals surface area contributed by atoms with Gasteiger partial charge in [0.25, 0.3) is 0 Å². The highest BCUT2D eigenvalue weighted by Crippen LogP contribution is 2.32. The fourth-order valence-electron chi connectivity index (χ4n) is 2.51. The molecule has 13 heteroatoms. The van der Waals surface area contributed by atoms with Gasteiger partial charge in [0.15, 0.2) is 11.4 Å². The highest BCUT2D eigenvalue weighted by Gasteiger charge is 2.34. The number of nitrogens with zero attached hydrogens (tertiary/aromatic N) is 4. The van der Waals surface area contributed by atoms with Crippen molar-refractivity contribution in [3.8, 4) is 11.5 Å². The van der Waals surface area contributed by atoms with Gasteiger partial charge >= 0.3 is 6.18 Å². The Labute approximate surface area is 190 Å². The van der Waals surface area contributed by atoms with E-state index in [0.717, 1.165) is 6.07 Å². The molecule has 34 heavy (non-hydrogen) atoms. The normalized spacial score (nSPS) is 10.9. The monoisotopic (exact) mass is 487 g/mol. The number of aromatic nitrogens is 2. The number of alkyl halides is 5. The van der Waals surface area contributed by atoms with Crippen LogP contribution in [0.4, 0.5) is 43.9 Å². The van der Waals surface area contributed by atoms with Gasteiger partial charge < -0.3 is 9.64 Å². The van der Waals surface area contributed by atoms with Gasteiger partial charge in [0.2, 0.25) is 12.9 Å². The van der Waals surface area contributed by atoms with Crippen LogP contribution in [0.5, 0.6) is 11.5 Å². The molecule has 0 radical (unpaired) electrons. The maximum Gasteiger partial charge on any atom is 0.433 e. The van der Waals surface area contributed by atoms with Crippen molar-refractivity contribution in [3.05, 3.63) is 65.9 Å². The van der Waals surface area contributed by atoms with E-state index in [4.69, 9.17) is 4.74 Å². The van der Waals surface area contributed by atoms with Crippen LogP contribution in [-0.2, 0) is 6.18 Å². The number of hydrazone groups is 1. The maximum atomic E-state index is 13.3. The molecule has 0 aliphatic heterocycles. The molecule has 1 heterocycles. The lowest BCUT2D eigenvalue weighted by Crippen LogP contribution is -2.16. The molecule has 0 aliphatic carbocycles. The predicted octanol–water partition coefficient (Wildman–Crippen LogP) is 5.86. The zero-order valence-corrected chi connectivity index (χ0v) is 17.9. The molecule has 0 saturated carbocycles. The van der Waals surface area contributed by atoms with E-state index in [-0.39, 0.29) is 17.5 Å². The molecule has 3 aromatic rings. The zero-order valence-electron chi connectivity index (χ0n) is 17.9. The van der Waals surface area contributed by atoms with E-state index in [1.54, 1.807) is 31.3 Å². The second kappa shape index (κ2) is 12.3. The van der Waals surface area contributed by atoms with Crippen molar-refractivity contribution in [1.29, 1.82) is 0 Å². The van der Waals surface area contributed by atoms with Gasteiger partial charge in [0, 0.05) is 23.3 Å². The van der Waals surface area contributed by atoms with Crippen LogP contribution in [-0.4, -0.2) is 37.3 Å². The van der Waals surface area contributed by atoms with Crippen LogP contribution in [0, 0.1) is 0 Å². The smallest absolute Gasteiger partial charge is 0.433 e. The number of hydrogen-bond acceptors (Lipinski definition) is 7. The van der Waals surface area contributed by atoms with Gasteiger partial charge in [-0.15, -0.1) is 0 Å². The van der Waals surface area contributed by atoms with Crippen LogP contribution in [0.15, 0.2) is 59.7 Å². The Bertz CT molecular complexity index is 1060. The van der Waals surface area contributed by atoms with Crippen LogP contribution in [0.3, 0.4) is 0 Å². The van der Waals surface area contributed by atoms with Crippen molar-refractivity contribution in [2.24, 2.45) is 5.10 Å². The SMILES string of the molecule is COc1ccc(N(C)c2cc(C(F)(F)F)nc(N/N=C/c3ccc(OF)cc3)n2)cc1.FCF. The Balaban J connectivity index is 0.00000129. The predicted molar refractivity (Wildman–Crippen MR) is 115 cm³/mol. The summed E-state index contributed by atoms with van der Waals surface area (Å²) in [6.45, 7) is -1.75. The molecular weight excluding hydrogens is 468 g/mol. The Hall–Kier alpha value is -4.03. The van der Waals surface area contributed by atoms with E-state index in [2.05, 4.69) is 25.4 Å². The topological polar surface area (TPSA) is 71.9 Å². The first-order valence-corrected chi connectivity index (χ1v) is 9.35. The number of hydrogen-bond donors (Lipinski definition) is 1. The Morgan fingerprint density at radius 1 is 1.00 bits per heavy atom. The van der Waals surface area contributed by atoms with Gasteiger partial charge in [-0.3, -0.25) is 4.94 Å². The van der Waals surface area contributed by atoms with E-state index in [9.17, 15) is 26.5 Å².